The Hall–Kier alpha value is -2.76. The van der Waals surface area contributed by atoms with Crippen LogP contribution < -0.4 is 5.32 Å². The molecule has 0 fully saturated rings. The molecule has 0 saturated heterocycles. The summed E-state index contributed by atoms with van der Waals surface area (Å²) in [5, 5.41) is 11.8. The molecule has 0 aliphatic rings. The van der Waals surface area contributed by atoms with Gasteiger partial charge in [-0.15, -0.1) is 10.2 Å². The van der Waals surface area contributed by atoms with Crippen LogP contribution in [0, 0.1) is 6.92 Å². The predicted molar refractivity (Wildman–Crippen MR) is 80.5 cm³/mol. The average Bonchev–Trinajstić information content (AvgIpc) is 2.87. The molecule has 21 heavy (non-hydrogen) atoms. The summed E-state index contributed by atoms with van der Waals surface area (Å²) in [4.78, 5) is 8.11. The zero-order valence-electron chi connectivity index (χ0n) is 12.0. The fourth-order valence-electron chi connectivity index (χ4n) is 2.10. The summed E-state index contributed by atoms with van der Waals surface area (Å²) in [7, 11) is 1.94. The maximum atomic E-state index is 4.22. The van der Waals surface area contributed by atoms with Gasteiger partial charge in [0.1, 0.15) is 12.0 Å². The standard InChI is InChI=1S/C15H16N6/c1-11-4-3-5-12(8-11)17-9-14-19-20-15(21(14)2)13-6-7-16-10-18-13/h3-8,10,17H,9H2,1-2H3. The first-order chi connectivity index (χ1) is 10.2. The summed E-state index contributed by atoms with van der Waals surface area (Å²) in [6.07, 6.45) is 3.20. The van der Waals surface area contributed by atoms with Crippen LogP contribution in [-0.2, 0) is 13.6 Å². The Morgan fingerprint density at radius 2 is 2.10 bits per heavy atom. The van der Waals surface area contributed by atoms with E-state index in [9.17, 15) is 0 Å². The van der Waals surface area contributed by atoms with Crippen LogP contribution in [0.1, 0.15) is 11.4 Å². The first-order valence-corrected chi connectivity index (χ1v) is 6.69. The number of aromatic nitrogens is 5. The molecule has 2 aromatic heterocycles. The molecule has 0 unspecified atom stereocenters. The zero-order valence-corrected chi connectivity index (χ0v) is 12.0. The molecular formula is C15H16N6. The van der Waals surface area contributed by atoms with Crippen molar-refractivity contribution in [3.63, 3.8) is 0 Å². The van der Waals surface area contributed by atoms with Crippen LogP contribution in [0.15, 0.2) is 42.9 Å². The van der Waals surface area contributed by atoms with E-state index in [2.05, 4.69) is 44.5 Å². The van der Waals surface area contributed by atoms with Crippen molar-refractivity contribution in [2.75, 3.05) is 5.32 Å². The minimum absolute atomic E-state index is 0.609. The van der Waals surface area contributed by atoms with Crippen LogP contribution in [0.4, 0.5) is 5.69 Å². The van der Waals surface area contributed by atoms with E-state index < -0.39 is 0 Å². The summed E-state index contributed by atoms with van der Waals surface area (Å²) >= 11 is 0. The second kappa shape index (κ2) is 5.70. The van der Waals surface area contributed by atoms with Gasteiger partial charge in [-0.2, -0.15) is 0 Å². The number of hydrogen-bond acceptors (Lipinski definition) is 5. The summed E-state index contributed by atoms with van der Waals surface area (Å²) in [6, 6.07) is 10.1. The van der Waals surface area contributed by atoms with Crippen LogP contribution in [0.3, 0.4) is 0 Å². The van der Waals surface area contributed by atoms with Crippen molar-refractivity contribution in [3.8, 4) is 11.5 Å². The number of benzene rings is 1. The van der Waals surface area contributed by atoms with Gasteiger partial charge in [-0.3, -0.25) is 0 Å². The molecule has 2 heterocycles. The van der Waals surface area contributed by atoms with Crippen molar-refractivity contribution >= 4 is 5.69 Å². The molecule has 0 saturated carbocycles. The molecule has 0 spiro atoms. The Kier molecular flexibility index (Phi) is 3.59. The molecule has 106 valence electrons. The molecule has 1 aromatic carbocycles. The number of nitrogens with one attached hydrogen (secondary N) is 1. The second-order valence-corrected chi connectivity index (χ2v) is 4.82. The van der Waals surface area contributed by atoms with E-state index in [-0.39, 0.29) is 0 Å². The van der Waals surface area contributed by atoms with Crippen LogP contribution >= 0.6 is 0 Å². The molecule has 3 rings (SSSR count). The van der Waals surface area contributed by atoms with E-state index in [1.807, 2.05) is 29.8 Å². The Morgan fingerprint density at radius 3 is 2.86 bits per heavy atom. The molecule has 0 radical (unpaired) electrons. The molecule has 0 bridgehead atoms. The van der Waals surface area contributed by atoms with Gasteiger partial charge in [-0.25, -0.2) is 9.97 Å². The van der Waals surface area contributed by atoms with E-state index in [1.165, 1.54) is 11.9 Å². The number of aryl methyl sites for hydroxylation is 1. The van der Waals surface area contributed by atoms with Gasteiger partial charge >= 0.3 is 0 Å². The third-order valence-electron chi connectivity index (χ3n) is 3.24. The quantitative estimate of drug-likeness (QED) is 0.793. The molecule has 0 amide bonds. The number of hydrogen-bond donors (Lipinski definition) is 1. The molecule has 3 aromatic rings. The molecule has 6 heteroatoms. The normalized spacial score (nSPS) is 10.6. The molecular weight excluding hydrogens is 264 g/mol. The van der Waals surface area contributed by atoms with Gasteiger partial charge in [0.05, 0.1) is 6.54 Å². The average molecular weight is 280 g/mol. The zero-order chi connectivity index (χ0) is 14.7. The third kappa shape index (κ3) is 2.89. The first kappa shape index (κ1) is 13.2. The van der Waals surface area contributed by atoms with Crippen molar-refractivity contribution in [1.29, 1.82) is 0 Å². The van der Waals surface area contributed by atoms with Gasteiger partial charge < -0.3 is 9.88 Å². The summed E-state index contributed by atoms with van der Waals surface area (Å²) in [6.45, 7) is 2.68. The maximum Gasteiger partial charge on any atom is 0.182 e. The largest absolute Gasteiger partial charge is 0.378 e. The molecule has 0 aliphatic carbocycles. The van der Waals surface area contributed by atoms with Crippen LogP contribution in [0.5, 0.6) is 0 Å². The Labute approximate surface area is 122 Å². The molecule has 0 aliphatic heterocycles. The lowest BCUT2D eigenvalue weighted by Crippen LogP contribution is -2.07. The third-order valence-corrected chi connectivity index (χ3v) is 3.24. The van der Waals surface area contributed by atoms with Gasteiger partial charge in [0, 0.05) is 18.9 Å². The van der Waals surface area contributed by atoms with Gasteiger partial charge in [-0.05, 0) is 30.7 Å². The van der Waals surface area contributed by atoms with Crippen LogP contribution in [0.2, 0.25) is 0 Å². The molecule has 1 N–H and O–H groups in total. The van der Waals surface area contributed by atoms with E-state index in [0.717, 1.165) is 23.0 Å². The fraction of sp³-hybridized carbons (Fsp3) is 0.200. The van der Waals surface area contributed by atoms with Gasteiger partial charge in [0.25, 0.3) is 0 Å². The lowest BCUT2D eigenvalue weighted by Gasteiger charge is -2.07. The van der Waals surface area contributed by atoms with E-state index in [1.54, 1.807) is 6.20 Å². The minimum Gasteiger partial charge on any atom is -0.378 e. The highest BCUT2D eigenvalue weighted by molar-refractivity contribution is 5.49. The number of nitrogens with zero attached hydrogens (tertiary/aromatic N) is 5. The summed E-state index contributed by atoms with van der Waals surface area (Å²) in [5.41, 5.74) is 3.06. The molecule has 0 atom stereocenters. The van der Waals surface area contributed by atoms with E-state index in [4.69, 9.17) is 0 Å². The Morgan fingerprint density at radius 1 is 1.19 bits per heavy atom. The van der Waals surface area contributed by atoms with E-state index >= 15 is 0 Å². The van der Waals surface area contributed by atoms with Crippen LogP contribution in [0.25, 0.3) is 11.5 Å². The van der Waals surface area contributed by atoms with Gasteiger partial charge in [0.2, 0.25) is 0 Å². The van der Waals surface area contributed by atoms with E-state index in [0.29, 0.717) is 6.54 Å². The highest BCUT2D eigenvalue weighted by Crippen LogP contribution is 2.15. The Bertz CT molecular complexity index is 735. The SMILES string of the molecule is Cc1cccc(NCc2nnc(-c3ccncn3)n2C)c1. The highest BCUT2D eigenvalue weighted by atomic mass is 15.3. The predicted octanol–water partition coefficient (Wildman–Crippen LogP) is 2.19. The van der Waals surface area contributed by atoms with Crippen molar-refractivity contribution < 1.29 is 0 Å². The van der Waals surface area contributed by atoms with Crippen molar-refractivity contribution in [2.24, 2.45) is 7.05 Å². The van der Waals surface area contributed by atoms with Crippen molar-refractivity contribution in [3.05, 3.63) is 54.2 Å². The minimum atomic E-state index is 0.609. The number of rotatable bonds is 4. The highest BCUT2D eigenvalue weighted by Gasteiger charge is 2.11. The lowest BCUT2D eigenvalue weighted by molar-refractivity contribution is 0.815. The van der Waals surface area contributed by atoms with Crippen molar-refractivity contribution in [1.82, 2.24) is 24.7 Å². The van der Waals surface area contributed by atoms with Gasteiger partial charge in [0.15, 0.2) is 11.6 Å². The topological polar surface area (TPSA) is 68.5 Å². The summed E-state index contributed by atoms with van der Waals surface area (Å²) < 4.78 is 1.94. The Balaban J connectivity index is 1.77. The smallest absolute Gasteiger partial charge is 0.182 e. The summed E-state index contributed by atoms with van der Waals surface area (Å²) in [5.74, 6) is 1.59. The molecule has 6 nitrogen and oxygen atoms in total. The lowest BCUT2D eigenvalue weighted by atomic mass is 10.2. The number of anilines is 1. The van der Waals surface area contributed by atoms with Crippen molar-refractivity contribution in [2.45, 2.75) is 13.5 Å². The van der Waals surface area contributed by atoms with Crippen LogP contribution in [-0.4, -0.2) is 24.7 Å². The fourth-order valence-corrected chi connectivity index (χ4v) is 2.10. The van der Waals surface area contributed by atoms with Gasteiger partial charge in [-0.1, -0.05) is 12.1 Å². The second-order valence-electron chi connectivity index (χ2n) is 4.82. The monoisotopic (exact) mass is 280 g/mol. The first-order valence-electron chi connectivity index (χ1n) is 6.69. The maximum absolute atomic E-state index is 4.22.